The van der Waals surface area contributed by atoms with E-state index >= 15 is 0 Å². The van der Waals surface area contributed by atoms with Gasteiger partial charge in [0, 0.05) is 11.9 Å². The van der Waals surface area contributed by atoms with Crippen LogP contribution < -0.4 is 0 Å². The fraction of sp³-hybridized carbons (Fsp3) is 0.300. The Balaban J connectivity index is 2.31. The van der Waals surface area contributed by atoms with Gasteiger partial charge in [-0.3, -0.25) is 4.98 Å². The van der Waals surface area contributed by atoms with Gasteiger partial charge < -0.3 is 0 Å². The molecule has 0 fully saturated rings. The molecule has 0 saturated carbocycles. The normalized spacial score (nSPS) is 11.9. The molecule has 0 saturated heterocycles. The van der Waals surface area contributed by atoms with Gasteiger partial charge in [0.2, 0.25) is 0 Å². The molecule has 0 aliphatic carbocycles. The third-order valence-corrected chi connectivity index (χ3v) is 3.95. The molecule has 102 valence electrons. The van der Waals surface area contributed by atoms with Crippen LogP contribution in [0.2, 0.25) is 0 Å². The molecule has 9 heteroatoms. The Labute approximate surface area is 123 Å². The van der Waals surface area contributed by atoms with E-state index in [9.17, 15) is 13.2 Å². The molecule has 0 aliphatic heterocycles. The van der Waals surface area contributed by atoms with Crippen LogP contribution >= 0.6 is 31.9 Å². The molecule has 2 aromatic heterocycles. The first-order valence-electron chi connectivity index (χ1n) is 5.06. The maximum absolute atomic E-state index is 12.7. The highest BCUT2D eigenvalue weighted by Gasteiger charge is 2.33. The first-order valence-corrected chi connectivity index (χ1v) is 6.65. The lowest BCUT2D eigenvalue weighted by Gasteiger charge is -2.10. The fourth-order valence-corrected chi connectivity index (χ4v) is 2.02. The Morgan fingerprint density at radius 2 is 1.79 bits per heavy atom. The molecule has 2 rings (SSSR count). The molecular weight excluding hydrogens is 393 g/mol. The van der Waals surface area contributed by atoms with Crippen molar-refractivity contribution in [1.82, 2.24) is 20.0 Å². The lowest BCUT2D eigenvalue weighted by molar-refractivity contribution is -0.138. The van der Waals surface area contributed by atoms with Crippen LogP contribution in [0.4, 0.5) is 13.2 Å². The van der Waals surface area contributed by atoms with Crippen molar-refractivity contribution in [3.8, 4) is 0 Å². The van der Waals surface area contributed by atoms with E-state index in [4.69, 9.17) is 0 Å². The van der Waals surface area contributed by atoms with Gasteiger partial charge >= 0.3 is 6.18 Å². The van der Waals surface area contributed by atoms with Crippen LogP contribution in [0.5, 0.6) is 0 Å². The van der Waals surface area contributed by atoms with E-state index in [-0.39, 0.29) is 12.2 Å². The molecule has 0 N–H and O–H groups in total. The van der Waals surface area contributed by atoms with Gasteiger partial charge in [-0.25, -0.2) is 0 Å². The van der Waals surface area contributed by atoms with Crippen LogP contribution in [-0.2, 0) is 12.7 Å². The Hall–Kier alpha value is -0.960. The minimum Gasteiger partial charge on any atom is -0.261 e. The van der Waals surface area contributed by atoms with Crippen molar-refractivity contribution < 1.29 is 13.2 Å². The molecule has 2 aromatic rings. The zero-order valence-electron chi connectivity index (χ0n) is 9.54. The minimum absolute atomic E-state index is 0.0490. The predicted octanol–water partition coefficient (Wildman–Crippen LogP) is 3.57. The number of aryl methyl sites for hydroxylation is 1. The van der Waals surface area contributed by atoms with E-state index in [1.165, 1.54) is 17.9 Å². The highest BCUT2D eigenvalue weighted by Crippen LogP contribution is 2.31. The molecule has 0 aliphatic rings. The maximum Gasteiger partial charge on any atom is 0.418 e. The van der Waals surface area contributed by atoms with Gasteiger partial charge in [0.15, 0.2) is 9.21 Å². The summed E-state index contributed by atoms with van der Waals surface area (Å²) < 4.78 is 39.2. The Bertz CT molecular complexity index is 590. The summed E-state index contributed by atoms with van der Waals surface area (Å²) in [4.78, 5) is 5.04. The number of hydrogen-bond acceptors (Lipinski definition) is 3. The van der Waals surface area contributed by atoms with E-state index in [1.54, 1.807) is 0 Å². The van der Waals surface area contributed by atoms with E-state index in [2.05, 4.69) is 47.0 Å². The lowest BCUT2D eigenvalue weighted by atomic mass is 10.1. The Kier molecular flexibility index (Phi) is 3.95. The number of alkyl halides is 3. The molecule has 0 amide bonds. The van der Waals surface area contributed by atoms with Crippen LogP contribution in [0.15, 0.2) is 21.5 Å². The summed E-state index contributed by atoms with van der Waals surface area (Å²) in [7, 11) is 0. The topological polar surface area (TPSA) is 43.6 Å². The molecule has 4 nitrogen and oxygen atoms in total. The molecule has 0 radical (unpaired) electrons. The molecule has 0 unspecified atom stereocenters. The molecular formula is C10H7Br2F3N4. The summed E-state index contributed by atoms with van der Waals surface area (Å²) in [5.41, 5.74) is -0.407. The SMILES string of the molecule is Cc1ncc(Cn2nc(Br)c(Br)n2)cc1C(F)(F)F. The van der Waals surface area contributed by atoms with Crippen molar-refractivity contribution in [1.29, 1.82) is 0 Å². The number of hydrogen-bond donors (Lipinski definition) is 0. The highest BCUT2D eigenvalue weighted by molar-refractivity contribution is 9.13. The van der Waals surface area contributed by atoms with Gasteiger partial charge in [-0.2, -0.15) is 18.0 Å². The van der Waals surface area contributed by atoms with Crippen molar-refractivity contribution in [2.45, 2.75) is 19.6 Å². The average Bonchev–Trinajstić information content (AvgIpc) is 2.59. The number of aromatic nitrogens is 4. The van der Waals surface area contributed by atoms with Gasteiger partial charge in [-0.1, -0.05) is 0 Å². The summed E-state index contributed by atoms with van der Waals surface area (Å²) in [5, 5.41) is 7.97. The smallest absolute Gasteiger partial charge is 0.261 e. The van der Waals surface area contributed by atoms with Crippen molar-refractivity contribution in [2.75, 3.05) is 0 Å². The van der Waals surface area contributed by atoms with Crippen molar-refractivity contribution in [2.24, 2.45) is 0 Å². The molecule has 0 atom stereocenters. The minimum atomic E-state index is -4.41. The van der Waals surface area contributed by atoms with Gasteiger partial charge in [0.1, 0.15) is 0 Å². The average molecular weight is 400 g/mol. The summed E-state index contributed by atoms with van der Waals surface area (Å²) in [6, 6.07) is 1.06. The summed E-state index contributed by atoms with van der Waals surface area (Å²) in [5.74, 6) is 0. The number of rotatable bonds is 2. The fourth-order valence-electron chi connectivity index (χ4n) is 1.49. The largest absolute Gasteiger partial charge is 0.418 e. The second-order valence-electron chi connectivity index (χ2n) is 3.79. The Morgan fingerprint density at radius 1 is 1.21 bits per heavy atom. The van der Waals surface area contributed by atoms with Crippen LogP contribution in [0, 0.1) is 6.92 Å². The van der Waals surface area contributed by atoms with Gasteiger partial charge in [-0.05, 0) is 50.4 Å². The van der Waals surface area contributed by atoms with Gasteiger partial charge in [-0.15, -0.1) is 10.2 Å². The van der Waals surface area contributed by atoms with E-state index in [0.717, 1.165) is 6.07 Å². The zero-order valence-corrected chi connectivity index (χ0v) is 12.7. The number of pyridine rings is 1. The Morgan fingerprint density at radius 3 is 2.32 bits per heavy atom. The lowest BCUT2D eigenvalue weighted by Crippen LogP contribution is -2.11. The molecule has 2 heterocycles. The maximum atomic E-state index is 12.7. The molecule has 0 spiro atoms. The van der Waals surface area contributed by atoms with Crippen molar-refractivity contribution in [3.63, 3.8) is 0 Å². The first-order chi connectivity index (χ1) is 8.77. The molecule has 19 heavy (non-hydrogen) atoms. The van der Waals surface area contributed by atoms with Crippen molar-refractivity contribution in [3.05, 3.63) is 38.3 Å². The number of halogens is 5. The van der Waals surface area contributed by atoms with Crippen molar-refractivity contribution >= 4 is 31.9 Å². The van der Waals surface area contributed by atoms with E-state index in [1.807, 2.05) is 0 Å². The summed E-state index contributed by atoms with van der Waals surface area (Å²) in [6.45, 7) is 1.44. The summed E-state index contributed by atoms with van der Waals surface area (Å²) in [6.07, 6.45) is -3.03. The standard InChI is InChI=1S/C10H7Br2F3N4/c1-5-7(10(13,14)15)2-6(3-16-5)4-19-17-8(11)9(12)18-19/h2-3H,4H2,1H3. The molecule has 0 aromatic carbocycles. The zero-order chi connectivity index (χ0) is 14.2. The first kappa shape index (κ1) is 14.4. The second-order valence-corrected chi connectivity index (χ2v) is 5.29. The second kappa shape index (κ2) is 5.20. The van der Waals surface area contributed by atoms with Crippen LogP contribution in [0.1, 0.15) is 16.8 Å². The monoisotopic (exact) mass is 398 g/mol. The number of nitrogens with zero attached hydrogens (tertiary/aromatic N) is 4. The van der Waals surface area contributed by atoms with E-state index in [0.29, 0.717) is 14.8 Å². The third kappa shape index (κ3) is 3.33. The van der Waals surface area contributed by atoms with Crippen LogP contribution in [0.25, 0.3) is 0 Å². The van der Waals surface area contributed by atoms with Gasteiger partial charge in [0.25, 0.3) is 0 Å². The van der Waals surface area contributed by atoms with Crippen LogP contribution in [0.3, 0.4) is 0 Å². The highest BCUT2D eigenvalue weighted by atomic mass is 79.9. The van der Waals surface area contributed by atoms with Crippen LogP contribution in [-0.4, -0.2) is 20.0 Å². The van der Waals surface area contributed by atoms with Gasteiger partial charge in [0.05, 0.1) is 12.1 Å². The quantitative estimate of drug-likeness (QED) is 0.775. The third-order valence-electron chi connectivity index (χ3n) is 2.35. The molecule has 0 bridgehead atoms. The van der Waals surface area contributed by atoms with E-state index < -0.39 is 11.7 Å². The summed E-state index contributed by atoms with van der Waals surface area (Å²) >= 11 is 6.30. The predicted molar refractivity (Wildman–Crippen MR) is 68.5 cm³/mol.